The van der Waals surface area contributed by atoms with Crippen LogP contribution < -0.4 is 0 Å². The van der Waals surface area contributed by atoms with Gasteiger partial charge in [0.15, 0.2) is 6.10 Å². The van der Waals surface area contributed by atoms with Crippen molar-refractivity contribution in [2.45, 2.75) is 309 Å². The Labute approximate surface area is 476 Å². The lowest BCUT2D eigenvalue weighted by Crippen LogP contribution is -2.30. The highest BCUT2D eigenvalue weighted by atomic mass is 16.6. The predicted molar refractivity (Wildman–Crippen MR) is 334 cm³/mol. The van der Waals surface area contributed by atoms with Crippen molar-refractivity contribution in [2.75, 3.05) is 13.2 Å². The highest BCUT2D eigenvalue weighted by Gasteiger charge is 2.19. The quantitative estimate of drug-likeness (QED) is 0.0261. The van der Waals surface area contributed by atoms with Crippen molar-refractivity contribution in [2.24, 2.45) is 0 Å². The third-order valence-corrected chi connectivity index (χ3v) is 13.8. The van der Waals surface area contributed by atoms with E-state index in [9.17, 15) is 14.4 Å². The molecule has 1 unspecified atom stereocenters. The van der Waals surface area contributed by atoms with Crippen molar-refractivity contribution in [1.82, 2.24) is 0 Å². The SMILES string of the molecule is CC/C=C\C/C=C\C/C=C\C/C=C\C/C=C\CCCC(=O)OC(COC(=O)CCCCCCCCCCCCCCC)COC(=O)CCCCCCCCCCCCCCCCCC/C=C\C/C=C\C/C=C\C/C=C\CC. The summed E-state index contributed by atoms with van der Waals surface area (Å²) in [6.07, 6.45) is 88.3. The number of rotatable bonds is 58. The molecule has 440 valence electrons. The third kappa shape index (κ3) is 62.8. The zero-order chi connectivity index (χ0) is 55.7. The summed E-state index contributed by atoms with van der Waals surface area (Å²) in [4.78, 5) is 38.3. The van der Waals surface area contributed by atoms with Crippen LogP contribution in [-0.2, 0) is 28.6 Å². The fourth-order valence-corrected chi connectivity index (χ4v) is 9.00. The van der Waals surface area contributed by atoms with Crippen molar-refractivity contribution in [1.29, 1.82) is 0 Å². The van der Waals surface area contributed by atoms with E-state index in [0.29, 0.717) is 19.3 Å². The van der Waals surface area contributed by atoms with Gasteiger partial charge in [-0.15, -0.1) is 0 Å². The molecule has 0 radical (unpaired) electrons. The first-order valence-corrected chi connectivity index (χ1v) is 32.4. The van der Waals surface area contributed by atoms with E-state index in [1.807, 2.05) is 0 Å². The van der Waals surface area contributed by atoms with Gasteiger partial charge in [-0.05, 0) is 96.3 Å². The fourth-order valence-electron chi connectivity index (χ4n) is 9.00. The number of carbonyl (C=O) groups is 3. The maximum Gasteiger partial charge on any atom is 0.306 e. The Kier molecular flexibility index (Phi) is 61.3. The molecule has 0 N–H and O–H groups in total. The maximum absolute atomic E-state index is 12.9. The smallest absolute Gasteiger partial charge is 0.306 e. The molecule has 0 aromatic rings. The number of hydrogen-bond acceptors (Lipinski definition) is 6. The van der Waals surface area contributed by atoms with Gasteiger partial charge in [-0.25, -0.2) is 0 Å². The molecule has 0 saturated heterocycles. The normalized spacial score (nSPS) is 12.8. The molecule has 1 atom stereocenters. The molecule has 0 spiro atoms. The Morgan fingerprint density at radius 1 is 0.273 bits per heavy atom. The van der Waals surface area contributed by atoms with Gasteiger partial charge in [0, 0.05) is 19.3 Å². The molecular weight excluding hydrogens is 949 g/mol. The molecule has 0 amide bonds. The zero-order valence-corrected chi connectivity index (χ0v) is 50.4. The second-order valence-corrected chi connectivity index (χ2v) is 21.3. The molecule has 0 aromatic carbocycles. The second-order valence-electron chi connectivity index (χ2n) is 21.3. The second kappa shape index (κ2) is 64.6. The lowest BCUT2D eigenvalue weighted by Gasteiger charge is -2.18. The van der Waals surface area contributed by atoms with E-state index in [-0.39, 0.29) is 37.5 Å². The van der Waals surface area contributed by atoms with Crippen LogP contribution in [0.25, 0.3) is 0 Å². The molecule has 0 fully saturated rings. The number of hydrogen-bond donors (Lipinski definition) is 0. The first-order chi connectivity index (χ1) is 38.0. The van der Waals surface area contributed by atoms with Gasteiger partial charge in [0.25, 0.3) is 0 Å². The lowest BCUT2D eigenvalue weighted by atomic mass is 10.0. The van der Waals surface area contributed by atoms with E-state index in [0.717, 1.165) is 103 Å². The van der Waals surface area contributed by atoms with Crippen molar-refractivity contribution >= 4 is 17.9 Å². The minimum atomic E-state index is -0.807. The maximum atomic E-state index is 12.9. The molecule has 0 heterocycles. The summed E-state index contributed by atoms with van der Waals surface area (Å²) in [6.45, 7) is 6.39. The van der Waals surface area contributed by atoms with Crippen LogP contribution in [0.2, 0.25) is 0 Å². The number of carbonyl (C=O) groups excluding carboxylic acids is 3. The van der Waals surface area contributed by atoms with E-state index in [1.165, 1.54) is 154 Å². The van der Waals surface area contributed by atoms with Crippen LogP contribution in [0.1, 0.15) is 303 Å². The van der Waals surface area contributed by atoms with E-state index < -0.39 is 6.10 Å². The number of ether oxygens (including phenoxy) is 3. The molecular formula is C71H120O6. The van der Waals surface area contributed by atoms with Gasteiger partial charge >= 0.3 is 17.9 Å². The van der Waals surface area contributed by atoms with Gasteiger partial charge in [0.1, 0.15) is 13.2 Å². The van der Waals surface area contributed by atoms with Gasteiger partial charge in [-0.3, -0.25) is 14.4 Å². The van der Waals surface area contributed by atoms with Crippen LogP contribution in [0.5, 0.6) is 0 Å². The van der Waals surface area contributed by atoms with E-state index in [4.69, 9.17) is 14.2 Å². The van der Waals surface area contributed by atoms with Crippen molar-refractivity contribution in [3.8, 4) is 0 Å². The molecule has 0 rings (SSSR count). The molecule has 6 heteroatoms. The third-order valence-electron chi connectivity index (χ3n) is 13.8. The standard InChI is InChI=1S/C71H120O6/c1-4-7-10-13-16-19-22-25-27-29-30-31-32-33-34-35-36-37-38-39-40-42-43-46-49-52-55-58-61-64-70(73)76-67-68(66-75-69(72)63-60-57-54-51-48-45-24-21-18-15-12-9-6-3)77-71(74)65-62-59-56-53-50-47-44-41-28-26-23-20-17-14-11-8-5-2/h7-8,10-11,16-17,19-20,25-28,30-31,44,47,53,56,68H,4-6,9,12-15,18,21-24,29,32-43,45-46,48-52,54-55,57-67H2,1-3H3/b10-7-,11-8-,19-16-,20-17-,27-25-,28-26-,31-30-,47-44-,56-53-. The molecule has 6 nitrogen and oxygen atoms in total. The van der Waals surface area contributed by atoms with Gasteiger partial charge in [0.2, 0.25) is 0 Å². The van der Waals surface area contributed by atoms with E-state index in [2.05, 4.69) is 130 Å². The Balaban J connectivity index is 4.28. The summed E-state index contributed by atoms with van der Waals surface area (Å²) in [6, 6.07) is 0. The first-order valence-electron chi connectivity index (χ1n) is 32.4. The molecule has 0 aromatic heterocycles. The molecule has 0 saturated carbocycles. The predicted octanol–water partition coefficient (Wildman–Crippen LogP) is 22.2. The van der Waals surface area contributed by atoms with Crippen LogP contribution in [0.15, 0.2) is 109 Å². The van der Waals surface area contributed by atoms with Gasteiger partial charge < -0.3 is 14.2 Å². The van der Waals surface area contributed by atoms with Crippen molar-refractivity contribution < 1.29 is 28.6 Å². The van der Waals surface area contributed by atoms with E-state index in [1.54, 1.807) is 0 Å². The van der Waals surface area contributed by atoms with E-state index >= 15 is 0 Å². The van der Waals surface area contributed by atoms with Crippen LogP contribution >= 0.6 is 0 Å². The van der Waals surface area contributed by atoms with Gasteiger partial charge in [-0.2, -0.15) is 0 Å². The summed E-state index contributed by atoms with van der Waals surface area (Å²) >= 11 is 0. The Bertz CT molecular complexity index is 1560. The van der Waals surface area contributed by atoms with Crippen LogP contribution in [0.4, 0.5) is 0 Å². The Hall–Kier alpha value is -3.93. The van der Waals surface area contributed by atoms with Crippen molar-refractivity contribution in [3.05, 3.63) is 109 Å². The summed E-state index contributed by atoms with van der Waals surface area (Å²) in [5.74, 6) is -0.947. The lowest BCUT2D eigenvalue weighted by molar-refractivity contribution is -0.167. The largest absolute Gasteiger partial charge is 0.462 e. The fraction of sp³-hybridized carbons (Fsp3) is 0.704. The highest BCUT2D eigenvalue weighted by Crippen LogP contribution is 2.17. The van der Waals surface area contributed by atoms with Gasteiger partial charge in [0.05, 0.1) is 0 Å². The van der Waals surface area contributed by atoms with Crippen LogP contribution in [0, 0.1) is 0 Å². The topological polar surface area (TPSA) is 78.9 Å². The average molecular weight is 1070 g/mol. The Morgan fingerprint density at radius 2 is 0.519 bits per heavy atom. The number of esters is 3. The summed E-state index contributed by atoms with van der Waals surface area (Å²) in [7, 11) is 0. The highest BCUT2D eigenvalue weighted by molar-refractivity contribution is 5.71. The summed E-state index contributed by atoms with van der Waals surface area (Å²) in [5.41, 5.74) is 0. The molecule has 77 heavy (non-hydrogen) atoms. The van der Waals surface area contributed by atoms with Gasteiger partial charge in [-0.1, -0.05) is 297 Å². The average Bonchev–Trinajstić information content (AvgIpc) is 3.43. The number of unbranched alkanes of at least 4 members (excludes halogenated alkanes) is 29. The van der Waals surface area contributed by atoms with Crippen molar-refractivity contribution in [3.63, 3.8) is 0 Å². The molecule has 0 aliphatic rings. The molecule has 0 aliphatic heterocycles. The molecule has 0 aliphatic carbocycles. The van der Waals surface area contributed by atoms with Crippen LogP contribution in [-0.4, -0.2) is 37.2 Å². The minimum Gasteiger partial charge on any atom is -0.462 e. The van der Waals surface area contributed by atoms with Crippen LogP contribution in [0.3, 0.4) is 0 Å². The number of allylic oxidation sites excluding steroid dienone is 18. The summed E-state index contributed by atoms with van der Waals surface area (Å²) < 4.78 is 16.9. The summed E-state index contributed by atoms with van der Waals surface area (Å²) in [5, 5.41) is 0. The first kappa shape index (κ1) is 73.1. The minimum absolute atomic E-state index is 0.0975. The Morgan fingerprint density at radius 3 is 0.831 bits per heavy atom. The molecule has 0 bridgehead atoms. The monoisotopic (exact) mass is 1070 g/mol. The zero-order valence-electron chi connectivity index (χ0n) is 50.4.